The van der Waals surface area contributed by atoms with Crippen molar-refractivity contribution < 1.29 is 0 Å². The van der Waals surface area contributed by atoms with E-state index in [4.69, 9.17) is 34.8 Å². The molecule has 0 aromatic heterocycles. The molecular formula is C15H13BrCl3N. The van der Waals surface area contributed by atoms with E-state index < -0.39 is 0 Å². The monoisotopic (exact) mass is 391 g/mol. The van der Waals surface area contributed by atoms with Crippen molar-refractivity contribution in [1.82, 2.24) is 5.32 Å². The van der Waals surface area contributed by atoms with Crippen LogP contribution in [0, 0.1) is 0 Å². The van der Waals surface area contributed by atoms with Crippen LogP contribution in [-0.2, 0) is 6.42 Å². The maximum absolute atomic E-state index is 6.29. The Morgan fingerprint density at radius 3 is 2.30 bits per heavy atom. The predicted octanol–water partition coefficient (Wildman–Crippen LogP) is 5.91. The number of likely N-dealkylation sites (N-methyl/N-ethyl adjacent to an activating group) is 1. The Morgan fingerprint density at radius 1 is 1.05 bits per heavy atom. The molecule has 0 amide bonds. The zero-order chi connectivity index (χ0) is 14.7. The zero-order valence-electron chi connectivity index (χ0n) is 10.8. The smallest absolute Gasteiger partial charge is 0.0454 e. The lowest BCUT2D eigenvalue weighted by atomic mass is 9.99. The minimum atomic E-state index is 0.0393. The second kappa shape index (κ2) is 7.15. The number of benzene rings is 2. The predicted molar refractivity (Wildman–Crippen MR) is 91.1 cm³/mol. The third-order valence-electron chi connectivity index (χ3n) is 3.15. The van der Waals surface area contributed by atoms with E-state index in [0.29, 0.717) is 16.5 Å². The average molecular weight is 394 g/mol. The van der Waals surface area contributed by atoms with Gasteiger partial charge in [-0.15, -0.1) is 0 Å². The van der Waals surface area contributed by atoms with Gasteiger partial charge < -0.3 is 5.32 Å². The first-order valence-corrected chi connectivity index (χ1v) is 8.00. The van der Waals surface area contributed by atoms with Crippen molar-refractivity contribution in [2.45, 2.75) is 12.5 Å². The maximum atomic E-state index is 6.29. The largest absolute Gasteiger partial charge is 0.313 e. The number of nitrogens with one attached hydrogen (secondary N) is 1. The van der Waals surface area contributed by atoms with Crippen LogP contribution in [0.5, 0.6) is 0 Å². The summed E-state index contributed by atoms with van der Waals surface area (Å²) in [6.07, 6.45) is 0.672. The van der Waals surface area contributed by atoms with E-state index >= 15 is 0 Å². The van der Waals surface area contributed by atoms with Gasteiger partial charge in [-0.1, -0.05) is 56.8 Å². The Balaban J connectivity index is 2.36. The molecule has 2 aromatic rings. The summed E-state index contributed by atoms with van der Waals surface area (Å²) in [6, 6.07) is 11.4. The highest BCUT2D eigenvalue weighted by Crippen LogP contribution is 2.32. The Kier molecular flexibility index (Phi) is 5.76. The van der Waals surface area contributed by atoms with Crippen molar-refractivity contribution in [3.8, 4) is 0 Å². The molecule has 20 heavy (non-hydrogen) atoms. The molecule has 1 atom stereocenters. The van der Waals surface area contributed by atoms with E-state index in [-0.39, 0.29) is 6.04 Å². The zero-order valence-corrected chi connectivity index (χ0v) is 14.6. The molecule has 0 saturated heterocycles. The highest BCUT2D eigenvalue weighted by Gasteiger charge is 2.17. The van der Waals surface area contributed by atoms with Crippen LogP contribution in [0.25, 0.3) is 0 Å². The Morgan fingerprint density at radius 2 is 1.70 bits per heavy atom. The van der Waals surface area contributed by atoms with Crippen molar-refractivity contribution in [3.05, 3.63) is 67.1 Å². The van der Waals surface area contributed by atoms with Gasteiger partial charge in [0.25, 0.3) is 0 Å². The van der Waals surface area contributed by atoms with Crippen LogP contribution in [0.2, 0.25) is 15.1 Å². The molecule has 5 heteroatoms. The van der Waals surface area contributed by atoms with Gasteiger partial charge in [-0.2, -0.15) is 0 Å². The van der Waals surface area contributed by atoms with Crippen molar-refractivity contribution in [2.24, 2.45) is 0 Å². The highest BCUT2D eigenvalue weighted by molar-refractivity contribution is 9.10. The molecule has 0 fully saturated rings. The van der Waals surface area contributed by atoms with E-state index in [2.05, 4.69) is 21.2 Å². The first-order chi connectivity index (χ1) is 9.52. The molecule has 0 bridgehead atoms. The molecular weight excluding hydrogens is 380 g/mol. The van der Waals surface area contributed by atoms with Gasteiger partial charge in [-0.3, -0.25) is 0 Å². The van der Waals surface area contributed by atoms with Crippen molar-refractivity contribution in [3.63, 3.8) is 0 Å². The second-order valence-electron chi connectivity index (χ2n) is 4.41. The standard InChI is InChI=1S/C15H13BrCl3N/c1-20-15(11-7-9(16)5-6-14(11)19)8-10-12(17)3-2-4-13(10)18/h2-7,15,20H,8H2,1H3. The summed E-state index contributed by atoms with van der Waals surface area (Å²) >= 11 is 22.2. The van der Waals surface area contributed by atoms with Crippen LogP contribution in [0.3, 0.4) is 0 Å². The first-order valence-electron chi connectivity index (χ1n) is 6.08. The van der Waals surface area contributed by atoms with E-state index in [1.165, 1.54) is 0 Å². The summed E-state index contributed by atoms with van der Waals surface area (Å²) in [6.45, 7) is 0. The molecule has 1 nitrogen and oxygen atoms in total. The number of halogens is 4. The lowest BCUT2D eigenvalue weighted by Gasteiger charge is -2.20. The molecule has 1 unspecified atom stereocenters. The molecule has 106 valence electrons. The second-order valence-corrected chi connectivity index (χ2v) is 6.55. The lowest BCUT2D eigenvalue weighted by Crippen LogP contribution is -2.19. The quantitative estimate of drug-likeness (QED) is 0.681. The van der Waals surface area contributed by atoms with Crippen molar-refractivity contribution >= 4 is 50.7 Å². The van der Waals surface area contributed by atoms with Crippen molar-refractivity contribution in [2.75, 3.05) is 7.05 Å². The average Bonchev–Trinajstić information content (AvgIpc) is 2.42. The molecule has 2 rings (SSSR count). The number of rotatable bonds is 4. The summed E-state index contributed by atoms with van der Waals surface area (Å²) < 4.78 is 0.988. The first kappa shape index (κ1) is 16.1. The Bertz CT molecular complexity index is 596. The van der Waals surface area contributed by atoms with Gasteiger partial charge in [0.15, 0.2) is 0 Å². The number of hydrogen-bond donors (Lipinski definition) is 1. The van der Waals surface area contributed by atoms with E-state index in [9.17, 15) is 0 Å². The van der Waals surface area contributed by atoms with Crippen LogP contribution < -0.4 is 5.32 Å². The summed E-state index contributed by atoms with van der Waals surface area (Å²) in [7, 11) is 1.90. The van der Waals surface area contributed by atoms with Gasteiger partial charge in [0.1, 0.15) is 0 Å². The normalized spacial score (nSPS) is 12.4. The summed E-state index contributed by atoms with van der Waals surface area (Å²) in [5.41, 5.74) is 1.94. The Hall–Kier alpha value is -0.250. The molecule has 1 N–H and O–H groups in total. The molecule has 0 spiro atoms. The van der Waals surface area contributed by atoms with Gasteiger partial charge >= 0.3 is 0 Å². The minimum Gasteiger partial charge on any atom is -0.313 e. The topological polar surface area (TPSA) is 12.0 Å². The minimum absolute atomic E-state index is 0.0393. The summed E-state index contributed by atoms with van der Waals surface area (Å²) in [5, 5.41) is 5.33. The molecule has 0 saturated carbocycles. The van der Waals surface area contributed by atoms with Crippen LogP contribution in [0.15, 0.2) is 40.9 Å². The van der Waals surface area contributed by atoms with Gasteiger partial charge in [-0.05, 0) is 54.9 Å². The molecule has 0 aliphatic carbocycles. The van der Waals surface area contributed by atoms with Crippen molar-refractivity contribution in [1.29, 1.82) is 0 Å². The third kappa shape index (κ3) is 3.69. The third-order valence-corrected chi connectivity index (χ3v) is 4.70. The van der Waals surface area contributed by atoms with Gasteiger partial charge in [0, 0.05) is 25.6 Å². The van der Waals surface area contributed by atoms with Gasteiger partial charge in [0.05, 0.1) is 0 Å². The molecule has 0 aliphatic heterocycles. The fourth-order valence-electron chi connectivity index (χ4n) is 2.08. The van der Waals surface area contributed by atoms with Gasteiger partial charge in [0.2, 0.25) is 0 Å². The molecule has 0 radical (unpaired) electrons. The number of hydrogen-bond acceptors (Lipinski definition) is 1. The van der Waals surface area contributed by atoms with Crippen LogP contribution >= 0.6 is 50.7 Å². The SMILES string of the molecule is CNC(Cc1c(Cl)cccc1Cl)c1cc(Br)ccc1Cl. The van der Waals surface area contributed by atoms with Gasteiger partial charge in [-0.25, -0.2) is 0 Å². The molecule has 2 aromatic carbocycles. The van der Waals surface area contributed by atoms with E-state index in [1.54, 1.807) is 0 Å². The fourth-order valence-corrected chi connectivity index (χ4v) is 3.26. The molecule has 0 aliphatic rings. The van der Waals surface area contributed by atoms with Crippen LogP contribution in [-0.4, -0.2) is 7.05 Å². The van der Waals surface area contributed by atoms with Crippen LogP contribution in [0.4, 0.5) is 0 Å². The van der Waals surface area contributed by atoms with Crippen LogP contribution in [0.1, 0.15) is 17.2 Å². The maximum Gasteiger partial charge on any atom is 0.0454 e. The summed E-state index contributed by atoms with van der Waals surface area (Å²) in [5.74, 6) is 0. The lowest BCUT2D eigenvalue weighted by molar-refractivity contribution is 0.592. The van der Waals surface area contributed by atoms with E-state index in [1.807, 2.05) is 43.4 Å². The van der Waals surface area contributed by atoms with E-state index in [0.717, 1.165) is 20.6 Å². The molecule has 0 heterocycles. The summed E-state index contributed by atoms with van der Waals surface area (Å²) in [4.78, 5) is 0. The highest BCUT2D eigenvalue weighted by atomic mass is 79.9. The Labute approximate surface area is 142 Å². The fraction of sp³-hybridized carbons (Fsp3) is 0.200.